The normalized spacial score (nSPS) is 20.2. The molecule has 0 unspecified atom stereocenters. The highest BCUT2D eigenvalue weighted by Gasteiger charge is 2.33. The molecule has 1 aromatic rings. The Bertz CT molecular complexity index is 361. The number of nitrogens with two attached hydrogens (primary N) is 1. The second kappa shape index (κ2) is 5.17. The van der Waals surface area contributed by atoms with Crippen LogP contribution < -0.4 is 5.73 Å². The van der Waals surface area contributed by atoms with Gasteiger partial charge in [-0.25, -0.2) is 4.98 Å². The molecular formula is C13H24N4. The first-order valence-electron chi connectivity index (χ1n) is 6.85. The van der Waals surface area contributed by atoms with E-state index in [9.17, 15) is 0 Å². The van der Waals surface area contributed by atoms with E-state index < -0.39 is 0 Å². The summed E-state index contributed by atoms with van der Waals surface area (Å²) in [5, 5.41) is 4.48. The van der Waals surface area contributed by atoms with Gasteiger partial charge in [0.05, 0.1) is 5.54 Å². The van der Waals surface area contributed by atoms with E-state index in [0.717, 1.165) is 37.3 Å². The molecule has 1 aromatic heterocycles. The van der Waals surface area contributed by atoms with E-state index in [1.807, 2.05) is 11.7 Å². The molecule has 0 aliphatic heterocycles. The fourth-order valence-corrected chi connectivity index (χ4v) is 2.78. The topological polar surface area (TPSA) is 56.7 Å². The first-order valence-corrected chi connectivity index (χ1v) is 6.85. The van der Waals surface area contributed by atoms with Crippen molar-refractivity contribution in [2.45, 2.75) is 63.8 Å². The zero-order valence-electron chi connectivity index (χ0n) is 11.1. The number of hydrogen-bond donors (Lipinski definition) is 1. The third-order valence-electron chi connectivity index (χ3n) is 3.72. The summed E-state index contributed by atoms with van der Waals surface area (Å²) in [5.74, 6) is 1.93. The van der Waals surface area contributed by atoms with Crippen molar-refractivity contribution in [3.05, 3.63) is 11.6 Å². The lowest BCUT2D eigenvalue weighted by atomic mass is 9.90. The van der Waals surface area contributed by atoms with Crippen molar-refractivity contribution in [1.82, 2.24) is 14.8 Å². The maximum atomic E-state index is 6.57. The molecule has 0 saturated heterocycles. The molecule has 0 radical (unpaired) electrons. The van der Waals surface area contributed by atoms with Gasteiger partial charge >= 0.3 is 0 Å². The minimum Gasteiger partial charge on any atom is -0.319 e. The van der Waals surface area contributed by atoms with Gasteiger partial charge in [-0.3, -0.25) is 4.68 Å². The highest BCUT2D eigenvalue weighted by Crippen LogP contribution is 2.32. The Morgan fingerprint density at radius 1 is 1.24 bits per heavy atom. The molecular weight excluding hydrogens is 212 g/mol. The minimum atomic E-state index is -0.246. The molecule has 0 spiro atoms. The van der Waals surface area contributed by atoms with Crippen LogP contribution in [0.2, 0.25) is 0 Å². The van der Waals surface area contributed by atoms with Crippen LogP contribution in [0.3, 0.4) is 0 Å². The van der Waals surface area contributed by atoms with E-state index in [4.69, 9.17) is 5.73 Å². The fourth-order valence-electron chi connectivity index (χ4n) is 2.78. The second-order valence-corrected chi connectivity index (χ2v) is 5.30. The van der Waals surface area contributed by atoms with Gasteiger partial charge in [0.2, 0.25) is 0 Å². The summed E-state index contributed by atoms with van der Waals surface area (Å²) in [5.41, 5.74) is 6.32. The van der Waals surface area contributed by atoms with Gasteiger partial charge in [0.15, 0.2) is 5.82 Å². The maximum Gasteiger partial charge on any atom is 0.151 e. The highest BCUT2D eigenvalue weighted by atomic mass is 15.3. The van der Waals surface area contributed by atoms with Crippen LogP contribution in [0.25, 0.3) is 0 Å². The number of aryl methyl sites for hydroxylation is 2. The molecule has 1 fully saturated rings. The molecule has 1 aliphatic rings. The summed E-state index contributed by atoms with van der Waals surface area (Å²) in [6, 6.07) is 0. The average Bonchev–Trinajstić information content (AvgIpc) is 2.53. The zero-order chi connectivity index (χ0) is 12.3. The predicted octanol–water partition coefficient (Wildman–Crippen LogP) is 2.28. The summed E-state index contributed by atoms with van der Waals surface area (Å²) < 4.78 is 1.90. The van der Waals surface area contributed by atoms with Gasteiger partial charge in [-0.1, -0.05) is 32.6 Å². The summed E-state index contributed by atoms with van der Waals surface area (Å²) in [7, 11) is 1.97. The number of hydrogen-bond acceptors (Lipinski definition) is 3. The van der Waals surface area contributed by atoms with E-state index in [1.165, 1.54) is 25.7 Å². The van der Waals surface area contributed by atoms with Crippen LogP contribution >= 0.6 is 0 Å². The molecule has 2 rings (SSSR count). The van der Waals surface area contributed by atoms with Gasteiger partial charge in [0.1, 0.15) is 5.82 Å². The summed E-state index contributed by atoms with van der Waals surface area (Å²) in [6.07, 6.45) is 9.16. The van der Waals surface area contributed by atoms with Crippen LogP contribution in [0.5, 0.6) is 0 Å². The molecule has 0 aromatic carbocycles. The van der Waals surface area contributed by atoms with Gasteiger partial charge < -0.3 is 5.73 Å². The largest absolute Gasteiger partial charge is 0.319 e. The van der Waals surface area contributed by atoms with Gasteiger partial charge in [-0.2, -0.15) is 5.10 Å². The molecule has 96 valence electrons. The van der Waals surface area contributed by atoms with Crippen LogP contribution in [-0.2, 0) is 19.0 Å². The number of aromatic nitrogens is 3. The van der Waals surface area contributed by atoms with E-state index in [0.29, 0.717) is 0 Å². The molecule has 4 nitrogen and oxygen atoms in total. The van der Waals surface area contributed by atoms with Gasteiger partial charge in [-0.05, 0) is 19.3 Å². The second-order valence-electron chi connectivity index (χ2n) is 5.30. The molecule has 4 heteroatoms. The SMILES string of the molecule is CCCc1nc(C2(N)CCCCCC2)n(C)n1. The molecule has 0 bridgehead atoms. The third-order valence-corrected chi connectivity index (χ3v) is 3.72. The lowest BCUT2D eigenvalue weighted by Crippen LogP contribution is -2.38. The average molecular weight is 236 g/mol. The smallest absolute Gasteiger partial charge is 0.151 e. The first-order chi connectivity index (χ1) is 8.15. The van der Waals surface area contributed by atoms with Crippen LogP contribution in [0.4, 0.5) is 0 Å². The first kappa shape index (κ1) is 12.6. The van der Waals surface area contributed by atoms with Crippen molar-refractivity contribution in [2.75, 3.05) is 0 Å². The Balaban J connectivity index is 2.24. The van der Waals surface area contributed by atoms with Crippen LogP contribution in [0, 0.1) is 0 Å². The van der Waals surface area contributed by atoms with Crippen LogP contribution in [0.1, 0.15) is 63.5 Å². The lowest BCUT2D eigenvalue weighted by Gasteiger charge is -2.26. The molecule has 0 atom stereocenters. The van der Waals surface area contributed by atoms with Gasteiger partial charge in [0.25, 0.3) is 0 Å². The van der Waals surface area contributed by atoms with Crippen molar-refractivity contribution in [1.29, 1.82) is 0 Å². The molecule has 1 saturated carbocycles. The van der Waals surface area contributed by atoms with Crippen molar-refractivity contribution < 1.29 is 0 Å². The van der Waals surface area contributed by atoms with E-state index in [2.05, 4.69) is 17.0 Å². The number of nitrogens with zero attached hydrogens (tertiary/aromatic N) is 3. The summed E-state index contributed by atoms with van der Waals surface area (Å²) >= 11 is 0. The van der Waals surface area contributed by atoms with Gasteiger partial charge in [0, 0.05) is 13.5 Å². The minimum absolute atomic E-state index is 0.246. The Labute approximate surface area is 104 Å². The summed E-state index contributed by atoms with van der Waals surface area (Å²) in [4.78, 5) is 4.66. The molecule has 1 aliphatic carbocycles. The van der Waals surface area contributed by atoms with Crippen molar-refractivity contribution in [2.24, 2.45) is 12.8 Å². The van der Waals surface area contributed by atoms with Crippen molar-refractivity contribution in [3.8, 4) is 0 Å². The maximum absolute atomic E-state index is 6.57. The Morgan fingerprint density at radius 2 is 1.88 bits per heavy atom. The third kappa shape index (κ3) is 2.68. The van der Waals surface area contributed by atoms with E-state index in [1.54, 1.807) is 0 Å². The zero-order valence-corrected chi connectivity index (χ0v) is 11.1. The van der Waals surface area contributed by atoms with Gasteiger partial charge in [-0.15, -0.1) is 0 Å². The summed E-state index contributed by atoms with van der Waals surface area (Å²) in [6.45, 7) is 2.15. The molecule has 2 N–H and O–H groups in total. The molecule has 1 heterocycles. The highest BCUT2D eigenvalue weighted by molar-refractivity contribution is 5.08. The van der Waals surface area contributed by atoms with E-state index >= 15 is 0 Å². The molecule has 0 amide bonds. The monoisotopic (exact) mass is 236 g/mol. The lowest BCUT2D eigenvalue weighted by molar-refractivity contribution is 0.348. The molecule has 17 heavy (non-hydrogen) atoms. The standard InChI is InChI=1S/C13H24N4/c1-3-8-11-15-12(17(2)16-11)13(14)9-6-4-5-7-10-13/h3-10,14H2,1-2H3. The predicted molar refractivity (Wildman–Crippen MR) is 68.6 cm³/mol. The fraction of sp³-hybridized carbons (Fsp3) is 0.846. The van der Waals surface area contributed by atoms with E-state index in [-0.39, 0.29) is 5.54 Å². The Morgan fingerprint density at radius 3 is 2.47 bits per heavy atom. The van der Waals surface area contributed by atoms with Crippen LogP contribution in [0.15, 0.2) is 0 Å². The number of rotatable bonds is 3. The van der Waals surface area contributed by atoms with Crippen molar-refractivity contribution in [3.63, 3.8) is 0 Å². The quantitative estimate of drug-likeness (QED) is 0.819. The Kier molecular flexibility index (Phi) is 3.82. The van der Waals surface area contributed by atoms with Crippen molar-refractivity contribution >= 4 is 0 Å². The Hall–Kier alpha value is -0.900. The van der Waals surface area contributed by atoms with Crippen LogP contribution in [-0.4, -0.2) is 14.8 Å².